The van der Waals surface area contributed by atoms with Crippen LogP contribution in [0.25, 0.3) is 0 Å². The van der Waals surface area contributed by atoms with Gasteiger partial charge in [-0.1, -0.05) is 49.4 Å². The van der Waals surface area contributed by atoms with Crippen LogP contribution in [-0.2, 0) is 11.3 Å². The monoisotopic (exact) mass is 366 g/mol. The molecule has 0 saturated heterocycles. The van der Waals surface area contributed by atoms with E-state index in [1.165, 1.54) is 12.1 Å². The van der Waals surface area contributed by atoms with Crippen molar-refractivity contribution in [3.63, 3.8) is 0 Å². The Morgan fingerprint density at radius 1 is 1.12 bits per heavy atom. The zero-order chi connectivity index (χ0) is 19.2. The summed E-state index contributed by atoms with van der Waals surface area (Å²) in [4.78, 5) is 12.3. The van der Waals surface area contributed by atoms with E-state index in [1.54, 1.807) is 19.1 Å². The standard InChI is InChI=1S/C19H21F3N2O2/c1-13(17(23)15-5-3-2-4-6-15)18(25)24-11-14-7-9-16(10-8-14)26-12-19(20,21)22/h2-10,13,17H,11-12,23H2,1H3,(H,24,25). The summed E-state index contributed by atoms with van der Waals surface area (Å²) in [6, 6.07) is 15.0. The fourth-order valence-electron chi connectivity index (χ4n) is 2.35. The van der Waals surface area contributed by atoms with Gasteiger partial charge in [-0.05, 0) is 23.3 Å². The molecule has 140 valence electrons. The second kappa shape index (κ2) is 8.71. The SMILES string of the molecule is CC(C(=O)NCc1ccc(OCC(F)(F)F)cc1)C(N)c1ccccc1. The molecule has 2 unspecified atom stereocenters. The van der Waals surface area contributed by atoms with Crippen LogP contribution in [-0.4, -0.2) is 18.7 Å². The first-order chi connectivity index (χ1) is 12.3. The number of nitrogens with one attached hydrogen (secondary N) is 1. The minimum atomic E-state index is -4.37. The lowest BCUT2D eigenvalue weighted by atomic mass is 9.94. The molecule has 0 radical (unpaired) electrons. The molecule has 1 amide bonds. The maximum atomic E-state index is 12.3. The number of hydrogen-bond donors (Lipinski definition) is 2. The lowest BCUT2D eigenvalue weighted by Crippen LogP contribution is -2.35. The third-order valence-electron chi connectivity index (χ3n) is 3.93. The molecule has 3 N–H and O–H groups in total. The van der Waals surface area contributed by atoms with Crippen LogP contribution in [0.3, 0.4) is 0 Å². The number of nitrogens with two attached hydrogens (primary N) is 1. The van der Waals surface area contributed by atoms with Crippen molar-refractivity contribution in [3.05, 3.63) is 65.7 Å². The first-order valence-corrected chi connectivity index (χ1v) is 8.13. The number of alkyl halides is 3. The second-order valence-corrected chi connectivity index (χ2v) is 5.99. The predicted molar refractivity (Wildman–Crippen MR) is 92.4 cm³/mol. The highest BCUT2D eigenvalue weighted by Crippen LogP contribution is 2.20. The molecule has 0 aliphatic heterocycles. The number of hydrogen-bond acceptors (Lipinski definition) is 3. The van der Waals surface area contributed by atoms with E-state index in [9.17, 15) is 18.0 Å². The van der Waals surface area contributed by atoms with Gasteiger partial charge in [0.05, 0.1) is 5.92 Å². The van der Waals surface area contributed by atoms with Crippen molar-refractivity contribution in [3.8, 4) is 5.75 Å². The third kappa shape index (κ3) is 6.07. The van der Waals surface area contributed by atoms with Crippen LogP contribution in [0.5, 0.6) is 5.75 Å². The van der Waals surface area contributed by atoms with Crippen LogP contribution in [0.15, 0.2) is 54.6 Å². The molecule has 0 bridgehead atoms. The molecular weight excluding hydrogens is 345 g/mol. The second-order valence-electron chi connectivity index (χ2n) is 5.99. The molecular formula is C19H21F3N2O2. The van der Waals surface area contributed by atoms with E-state index >= 15 is 0 Å². The van der Waals surface area contributed by atoms with E-state index in [-0.39, 0.29) is 18.2 Å². The van der Waals surface area contributed by atoms with Gasteiger partial charge < -0.3 is 15.8 Å². The zero-order valence-corrected chi connectivity index (χ0v) is 14.3. The van der Waals surface area contributed by atoms with Gasteiger partial charge in [0.25, 0.3) is 0 Å². The van der Waals surface area contributed by atoms with Crippen molar-refractivity contribution in [2.24, 2.45) is 11.7 Å². The van der Waals surface area contributed by atoms with E-state index in [0.29, 0.717) is 0 Å². The zero-order valence-electron chi connectivity index (χ0n) is 14.3. The van der Waals surface area contributed by atoms with Crippen molar-refractivity contribution in [2.75, 3.05) is 6.61 Å². The largest absolute Gasteiger partial charge is 0.484 e. The first kappa shape index (κ1) is 19.8. The number of carbonyl (C=O) groups is 1. The van der Waals surface area contributed by atoms with Crippen LogP contribution < -0.4 is 15.8 Å². The van der Waals surface area contributed by atoms with E-state index in [1.807, 2.05) is 30.3 Å². The van der Waals surface area contributed by atoms with Gasteiger partial charge in [0.2, 0.25) is 5.91 Å². The fraction of sp³-hybridized carbons (Fsp3) is 0.316. The number of ether oxygens (including phenoxy) is 1. The number of benzene rings is 2. The number of amides is 1. The molecule has 0 aliphatic rings. The van der Waals surface area contributed by atoms with Gasteiger partial charge >= 0.3 is 6.18 Å². The number of halogens is 3. The molecule has 2 aromatic rings. The summed E-state index contributed by atoms with van der Waals surface area (Å²) in [5, 5.41) is 2.79. The predicted octanol–water partition coefficient (Wildman–Crippen LogP) is 3.58. The van der Waals surface area contributed by atoms with Crippen LogP contribution >= 0.6 is 0 Å². The van der Waals surface area contributed by atoms with Gasteiger partial charge in [0.15, 0.2) is 6.61 Å². The average Bonchev–Trinajstić information content (AvgIpc) is 2.64. The molecule has 0 heterocycles. The molecule has 2 aromatic carbocycles. The molecule has 7 heteroatoms. The Kier molecular flexibility index (Phi) is 6.63. The molecule has 0 aromatic heterocycles. The van der Waals surface area contributed by atoms with Crippen LogP contribution in [0.1, 0.15) is 24.1 Å². The van der Waals surface area contributed by atoms with Gasteiger partial charge in [0, 0.05) is 12.6 Å². The smallest absolute Gasteiger partial charge is 0.422 e. The van der Waals surface area contributed by atoms with Gasteiger partial charge in [-0.3, -0.25) is 4.79 Å². The topological polar surface area (TPSA) is 64.3 Å². The Morgan fingerprint density at radius 3 is 2.31 bits per heavy atom. The Bertz CT molecular complexity index is 703. The van der Waals surface area contributed by atoms with Gasteiger partial charge in [-0.2, -0.15) is 13.2 Å². The van der Waals surface area contributed by atoms with Crippen molar-refractivity contribution in [1.82, 2.24) is 5.32 Å². The van der Waals surface area contributed by atoms with Crippen LogP contribution in [0.4, 0.5) is 13.2 Å². The minimum absolute atomic E-state index is 0.122. The Balaban J connectivity index is 1.85. The Labute approximate surface area is 150 Å². The van der Waals surface area contributed by atoms with Crippen molar-refractivity contribution in [2.45, 2.75) is 25.7 Å². The lowest BCUT2D eigenvalue weighted by molar-refractivity contribution is -0.153. The Hall–Kier alpha value is -2.54. The molecule has 0 fully saturated rings. The van der Waals surface area contributed by atoms with E-state index < -0.39 is 24.7 Å². The van der Waals surface area contributed by atoms with Gasteiger partial charge in [-0.15, -0.1) is 0 Å². The molecule has 26 heavy (non-hydrogen) atoms. The first-order valence-electron chi connectivity index (χ1n) is 8.13. The third-order valence-corrected chi connectivity index (χ3v) is 3.93. The van der Waals surface area contributed by atoms with E-state index in [2.05, 4.69) is 10.1 Å². The summed E-state index contributed by atoms with van der Waals surface area (Å²) in [7, 11) is 0. The summed E-state index contributed by atoms with van der Waals surface area (Å²) in [6.45, 7) is 0.670. The van der Waals surface area contributed by atoms with Gasteiger partial charge in [0.1, 0.15) is 5.75 Å². The van der Waals surface area contributed by atoms with Gasteiger partial charge in [-0.25, -0.2) is 0 Å². The maximum absolute atomic E-state index is 12.3. The summed E-state index contributed by atoms with van der Waals surface area (Å²) in [5.41, 5.74) is 7.75. The van der Waals surface area contributed by atoms with E-state index in [0.717, 1.165) is 11.1 Å². The fourth-order valence-corrected chi connectivity index (χ4v) is 2.35. The quantitative estimate of drug-likeness (QED) is 0.787. The van der Waals surface area contributed by atoms with Crippen molar-refractivity contribution < 1.29 is 22.7 Å². The summed E-state index contributed by atoms with van der Waals surface area (Å²) in [5.74, 6) is -0.498. The van der Waals surface area contributed by atoms with E-state index in [4.69, 9.17) is 5.73 Å². The highest BCUT2D eigenvalue weighted by atomic mass is 19.4. The minimum Gasteiger partial charge on any atom is -0.484 e. The molecule has 2 rings (SSSR count). The normalized spacial score (nSPS) is 13.7. The number of carbonyl (C=O) groups excluding carboxylic acids is 1. The molecule has 4 nitrogen and oxygen atoms in total. The molecule has 2 atom stereocenters. The summed E-state index contributed by atoms with van der Waals surface area (Å²) < 4.78 is 41.0. The molecule has 0 spiro atoms. The van der Waals surface area contributed by atoms with Crippen molar-refractivity contribution >= 4 is 5.91 Å². The lowest BCUT2D eigenvalue weighted by Gasteiger charge is -2.20. The van der Waals surface area contributed by atoms with Crippen LogP contribution in [0, 0.1) is 5.92 Å². The molecule has 0 aliphatic carbocycles. The average molecular weight is 366 g/mol. The highest BCUT2D eigenvalue weighted by Gasteiger charge is 2.28. The van der Waals surface area contributed by atoms with Crippen molar-refractivity contribution in [1.29, 1.82) is 0 Å². The summed E-state index contributed by atoms with van der Waals surface area (Å²) >= 11 is 0. The van der Waals surface area contributed by atoms with Crippen LogP contribution in [0.2, 0.25) is 0 Å². The maximum Gasteiger partial charge on any atom is 0.422 e. The number of rotatable bonds is 7. The highest BCUT2D eigenvalue weighted by molar-refractivity contribution is 5.79. The molecule has 0 saturated carbocycles. The Morgan fingerprint density at radius 2 is 1.73 bits per heavy atom. The summed E-state index contributed by atoms with van der Waals surface area (Å²) in [6.07, 6.45) is -4.37.